The van der Waals surface area contributed by atoms with Gasteiger partial charge in [0, 0.05) is 25.6 Å². The summed E-state index contributed by atoms with van der Waals surface area (Å²) in [7, 11) is 1.71. The summed E-state index contributed by atoms with van der Waals surface area (Å²) in [6, 6.07) is 5.73. The first-order valence-electron chi connectivity index (χ1n) is 7.28. The normalized spacial score (nSPS) is 21.6. The van der Waals surface area contributed by atoms with Crippen molar-refractivity contribution in [3.63, 3.8) is 0 Å². The quantitative estimate of drug-likeness (QED) is 0.883. The van der Waals surface area contributed by atoms with E-state index in [4.69, 9.17) is 4.74 Å². The van der Waals surface area contributed by atoms with Crippen molar-refractivity contribution in [2.24, 2.45) is 0 Å². The van der Waals surface area contributed by atoms with Gasteiger partial charge in [0.05, 0.1) is 11.7 Å². The van der Waals surface area contributed by atoms with E-state index in [1.807, 2.05) is 18.2 Å². The number of aliphatic hydroxyl groups excluding tert-OH is 1. The fourth-order valence-electron chi connectivity index (χ4n) is 3.17. The Morgan fingerprint density at radius 2 is 2.25 bits per heavy atom. The van der Waals surface area contributed by atoms with Crippen LogP contribution in [0.4, 0.5) is 0 Å². The molecule has 108 valence electrons. The predicted octanol–water partition coefficient (Wildman–Crippen LogP) is 1.97. The molecule has 4 nitrogen and oxygen atoms in total. The average molecular weight is 275 g/mol. The molecule has 1 aliphatic carbocycles. The van der Waals surface area contributed by atoms with Crippen LogP contribution in [-0.2, 0) is 11.2 Å². The molecule has 0 spiro atoms. The van der Waals surface area contributed by atoms with Gasteiger partial charge < -0.3 is 15.2 Å². The number of amides is 1. The molecule has 1 aromatic rings. The smallest absolute Gasteiger partial charge is 0.251 e. The predicted molar refractivity (Wildman–Crippen MR) is 75.6 cm³/mol. The molecule has 0 radical (unpaired) electrons. The van der Waals surface area contributed by atoms with Crippen LogP contribution in [0, 0.1) is 0 Å². The molecule has 1 aliphatic heterocycles. The number of aliphatic hydroxyl groups is 1. The molecular weight excluding hydrogens is 254 g/mol. The van der Waals surface area contributed by atoms with E-state index < -0.39 is 6.10 Å². The number of nitrogens with one attached hydrogen (secondary N) is 1. The van der Waals surface area contributed by atoms with Gasteiger partial charge in [0.15, 0.2) is 0 Å². The van der Waals surface area contributed by atoms with E-state index >= 15 is 0 Å². The summed E-state index contributed by atoms with van der Waals surface area (Å²) in [5.74, 6) is -0.0367. The van der Waals surface area contributed by atoms with Crippen LogP contribution in [0.2, 0.25) is 0 Å². The Hall–Kier alpha value is -1.39. The maximum Gasteiger partial charge on any atom is 0.251 e. The Morgan fingerprint density at radius 3 is 2.90 bits per heavy atom. The number of methoxy groups -OCH3 is 1. The van der Waals surface area contributed by atoms with Crippen molar-refractivity contribution in [1.82, 2.24) is 5.32 Å². The van der Waals surface area contributed by atoms with Gasteiger partial charge in [-0.05, 0) is 42.9 Å². The van der Waals surface area contributed by atoms with Crippen molar-refractivity contribution >= 4 is 5.91 Å². The van der Waals surface area contributed by atoms with Gasteiger partial charge in [-0.3, -0.25) is 4.79 Å². The van der Waals surface area contributed by atoms with Crippen LogP contribution in [0.25, 0.3) is 0 Å². The van der Waals surface area contributed by atoms with Gasteiger partial charge in [-0.1, -0.05) is 12.1 Å². The van der Waals surface area contributed by atoms with Crippen LogP contribution in [0.5, 0.6) is 0 Å². The highest BCUT2D eigenvalue weighted by Crippen LogP contribution is 2.42. The Kier molecular flexibility index (Phi) is 3.52. The van der Waals surface area contributed by atoms with Crippen LogP contribution in [0.15, 0.2) is 18.2 Å². The van der Waals surface area contributed by atoms with Crippen molar-refractivity contribution < 1.29 is 14.6 Å². The molecule has 0 bridgehead atoms. The summed E-state index contributed by atoms with van der Waals surface area (Å²) in [5, 5.41) is 13.3. The van der Waals surface area contributed by atoms with E-state index in [0.717, 1.165) is 36.8 Å². The molecule has 1 fully saturated rings. The summed E-state index contributed by atoms with van der Waals surface area (Å²) in [6.45, 7) is 0.695. The molecule has 0 aromatic heterocycles. The summed E-state index contributed by atoms with van der Waals surface area (Å²) < 4.78 is 5.56. The van der Waals surface area contributed by atoms with Crippen molar-refractivity contribution in [2.75, 3.05) is 13.7 Å². The first-order chi connectivity index (χ1) is 9.63. The zero-order valence-electron chi connectivity index (χ0n) is 11.8. The van der Waals surface area contributed by atoms with Gasteiger partial charge in [0.2, 0.25) is 0 Å². The molecule has 1 aromatic carbocycles. The van der Waals surface area contributed by atoms with Gasteiger partial charge in [0.1, 0.15) is 0 Å². The second kappa shape index (κ2) is 5.19. The Bertz CT molecular complexity index is 517. The van der Waals surface area contributed by atoms with Gasteiger partial charge in [-0.15, -0.1) is 0 Å². The van der Waals surface area contributed by atoms with Crippen LogP contribution < -0.4 is 5.32 Å². The van der Waals surface area contributed by atoms with Gasteiger partial charge in [0.25, 0.3) is 5.91 Å². The van der Waals surface area contributed by atoms with E-state index in [1.54, 1.807) is 7.11 Å². The molecule has 4 heteroatoms. The minimum atomic E-state index is -0.574. The molecule has 2 aliphatic rings. The average Bonchev–Trinajstić information content (AvgIpc) is 2.43. The third-order valence-electron chi connectivity index (χ3n) is 4.71. The molecule has 3 rings (SSSR count). The highest BCUT2D eigenvalue weighted by molar-refractivity contribution is 5.96. The van der Waals surface area contributed by atoms with E-state index in [0.29, 0.717) is 18.5 Å². The van der Waals surface area contributed by atoms with Crippen molar-refractivity contribution in [2.45, 2.75) is 43.8 Å². The van der Waals surface area contributed by atoms with Crippen molar-refractivity contribution in [3.8, 4) is 0 Å². The number of rotatable bonds is 4. The van der Waals surface area contributed by atoms with E-state index in [2.05, 4.69) is 5.32 Å². The Balaban J connectivity index is 1.80. The fraction of sp³-hybridized carbons (Fsp3) is 0.562. The first-order valence-corrected chi connectivity index (χ1v) is 7.28. The number of hydrogen-bond acceptors (Lipinski definition) is 3. The van der Waals surface area contributed by atoms with E-state index in [9.17, 15) is 9.90 Å². The summed E-state index contributed by atoms with van der Waals surface area (Å²) >= 11 is 0. The highest BCUT2D eigenvalue weighted by Gasteiger charge is 2.39. The van der Waals surface area contributed by atoms with Crippen LogP contribution in [0.1, 0.15) is 53.3 Å². The molecule has 0 saturated heterocycles. The van der Waals surface area contributed by atoms with Crippen LogP contribution >= 0.6 is 0 Å². The molecule has 20 heavy (non-hydrogen) atoms. The molecule has 2 N–H and O–H groups in total. The minimum Gasteiger partial charge on any atom is -0.388 e. The molecule has 1 amide bonds. The molecule has 1 unspecified atom stereocenters. The highest BCUT2D eigenvalue weighted by atomic mass is 16.5. The Morgan fingerprint density at radius 1 is 1.45 bits per heavy atom. The van der Waals surface area contributed by atoms with Gasteiger partial charge >= 0.3 is 0 Å². The monoisotopic (exact) mass is 275 g/mol. The van der Waals surface area contributed by atoms with E-state index in [-0.39, 0.29) is 11.5 Å². The molecule has 1 heterocycles. The SMILES string of the molecule is COC1(CC(O)c2ccc3c(c2)C(=O)NCC3)CCC1. The second-order valence-electron chi connectivity index (χ2n) is 5.88. The summed E-state index contributed by atoms with van der Waals surface area (Å²) in [5.41, 5.74) is 2.41. The molecular formula is C16H21NO3. The van der Waals surface area contributed by atoms with Crippen LogP contribution in [-0.4, -0.2) is 30.3 Å². The molecule has 1 saturated carbocycles. The zero-order chi connectivity index (χ0) is 14.2. The number of carbonyl (C=O) groups is 1. The maximum atomic E-state index is 11.9. The lowest BCUT2D eigenvalue weighted by Crippen LogP contribution is -2.40. The van der Waals surface area contributed by atoms with Gasteiger partial charge in [-0.25, -0.2) is 0 Å². The van der Waals surface area contributed by atoms with Crippen molar-refractivity contribution in [3.05, 3.63) is 34.9 Å². The Labute approximate surface area is 119 Å². The second-order valence-corrected chi connectivity index (χ2v) is 5.88. The zero-order valence-corrected chi connectivity index (χ0v) is 11.8. The summed E-state index contributed by atoms with van der Waals surface area (Å²) in [4.78, 5) is 11.9. The standard InChI is InChI=1S/C16H21NO3/c1-20-16(6-2-7-16)10-14(18)12-4-3-11-5-8-17-15(19)13(11)9-12/h3-4,9,14,18H,2,5-8,10H2,1H3,(H,17,19). The largest absolute Gasteiger partial charge is 0.388 e. The lowest BCUT2D eigenvalue weighted by atomic mass is 9.75. The topological polar surface area (TPSA) is 58.6 Å². The maximum absolute atomic E-state index is 11.9. The minimum absolute atomic E-state index is 0.0367. The number of carbonyl (C=O) groups excluding carboxylic acids is 1. The number of hydrogen-bond donors (Lipinski definition) is 2. The number of ether oxygens (including phenoxy) is 1. The summed E-state index contributed by atoms with van der Waals surface area (Å²) in [6.07, 6.45) is 4.06. The lowest BCUT2D eigenvalue weighted by molar-refractivity contribution is -0.0999. The lowest BCUT2D eigenvalue weighted by Gasteiger charge is -2.42. The van der Waals surface area contributed by atoms with Crippen LogP contribution in [0.3, 0.4) is 0 Å². The number of benzene rings is 1. The van der Waals surface area contributed by atoms with Gasteiger partial charge in [-0.2, -0.15) is 0 Å². The first kappa shape index (κ1) is 13.6. The fourth-order valence-corrected chi connectivity index (χ4v) is 3.17. The third-order valence-corrected chi connectivity index (χ3v) is 4.71. The molecule has 1 atom stereocenters. The van der Waals surface area contributed by atoms with E-state index in [1.165, 1.54) is 0 Å². The third kappa shape index (κ3) is 2.34. The van der Waals surface area contributed by atoms with Crippen molar-refractivity contribution in [1.29, 1.82) is 0 Å². The number of fused-ring (bicyclic) bond motifs is 1.